The Morgan fingerprint density at radius 2 is 1.64 bits per heavy atom. The van der Waals surface area contributed by atoms with E-state index in [0.29, 0.717) is 6.54 Å². The number of ether oxygens (including phenoxy) is 1. The van der Waals surface area contributed by atoms with E-state index >= 15 is 0 Å². The molecule has 0 heterocycles. The average Bonchev–Trinajstić information content (AvgIpc) is 1.98. The van der Waals surface area contributed by atoms with Crippen molar-refractivity contribution in [2.45, 2.75) is 19.0 Å². The van der Waals surface area contributed by atoms with Gasteiger partial charge in [0.05, 0.1) is 6.54 Å². The van der Waals surface area contributed by atoms with Gasteiger partial charge in [0.1, 0.15) is 13.2 Å². The molecular formula is C7H12F5NO. The third-order valence-corrected chi connectivity index (χ3v) is 1.21. The van der Waals surface area contributed by atoms with Gasteiger partial charge in [-0.25, -0.2) is 8.78 Å². The van der Waals surface area contributed by atoms with Gasteiger partial charge in [0.25, 0.3) is 5.92 Å². The first-order valence-electron chi connectivity index (χ1n) is 4.00. The Balaban J connectivity index is 3.65. The molecule has 0 aromatic rings. The highest BCUT2D eigenvalue weighted by Crippen LogP contribution is 2.17. The molecule has 0 rings (SSSR count). The van der Waals surface area contributed by atoms with E-state index in [-0.39, 0.29) is 0 Å². The third-order valence-electron chi connectivity index (χ3n) is 1.21. The fourth-order valence-corrected chi connectivity index (χ4v) is 0.675. The summed E-state index contributed by atoms with van der Waals surface area (Å²) in [5, 5.41) is 2.32. The summed E-state index contributed by atoms with van der Waals surface area (Å²) in [6.07, 6.45) is -4.56. The Hall–Kier alpha value is -0.430. The molecule has 0 unspecified atom stereocenters. The lowest BCUT2D eigenvalue weighted by Crippen LogP contribution is -2.37. The Kier molecular flexibility index (Phi) is 5.28. The van der Waals surface area contributed by atoms with Gasteiger partial charge in [-0.1, -0.05) is 6.92 Å². The monoisotopic (exact) mass is 221 g/mol. The van der Waals surface area contributed by atoms with E-state index in [1.54, 1.807) is 6.92 Å². The van der Waals surface area contributed by atoms with Gasteiger partial charge in [0, 0.05) is 0 Å². The molecule has 0 aliphatic rings. The Morgan fingerprint density at radius 1 is 1.07 bits per heavy atom. The molecule has 0 spiro atoms. The summed E-state index contributed by atoms with van der Waals surface area (Å²) in [7, 11) is 0. The van der Waals surface area contributed by atoms with E-state index in [9.17, 15) is 22.0 Å². The van der Waals surface area contributed by atoms with Gasteiger partial charge in [-0.15, -0.1) is 0 Å². The molecule has 14 heavy (non-hydrogen) atoms. The van der Waals surface area contributed by atoms with E-state index in [1.807, 2.05) is 0 Å². The lowest BCUT2D eigenvalue weighted by molar-refractivity contribution is -0.191. The number of rotatable bonds is 6. The second-order valence-corrected chi connectivity index (χ2v) is 2.74. The predicted molar refractivity (Wildman–Crippen MR) is 40.4 cm³/mol. The van der Waals surface area contributed by atoms with Crippen LogP contribution in [0.2, 0.25) is 0 Å². The average molecular weight is 221 g/mol. The molecule has 0 fully saturated rings. The van der Waals surface area contributed by atoms with Crippen LogP contribution in [-0.2, 0) is 4.74 Å². The maximum Gasteiger partial charge on any atom is 0.411 e. The van der Waals surface area contributed by atoms with Gasteiger partial charge < -0.3 is 10.1 Å². The van der Waals surface area contributed by atoms with Crippen molar-refractivity contribution in [1.82, 2.24) is 5.32 Å². The highest BCUT2D eigenvalue weighted by molar-refractivity contribution is 4.68. The molecule has 0 saturated heterocycles. The van der Waals surface area contributed by atoms with Gasteiger partial charge in [0.2, 0.25) is 0 Å². The van der Waals surface area contributed by atoms with Gasteiger partial charge in [-0.3, -0.25) is 0 Å². The minimum atomic E-state index is -4.56. The van der Waals surface area contributed by atoms with Crippen LogP contribution in [0.4, 0.5) is 22.0 Å². The van der Waals surface area contributed by atoms with E-state index in [0.717, 1.165) is 0 Å². The van der Waals surface area contributed by atoms with Crippen LogP contribution >= 0.6 is 0 Å². The first kappa shape index (κ1) is 13.6. The van der Waals surface area contributed by atoms with Crippen molar-refractivity contribution in [3.63, 3.8) is 0 Å². The smallest absolute Gasteiger partial charge is 0.366 e. The Bertz CT molecular complexity index is 159. The Labute approximate surface area is 78.4 Å². The lowest BCUT2D eigenvalue weighted by atomic mass is 10.3. The van der Waals surface area contributed by atoms with Crippen molar-refractivity contribution >= 4 is 0 Å². The van der Waals surface area contributed by atoms with Crippen LogP contribution in [-0.4, -0.2) is 38.4 Å². The number of halogens is 5. The summed E-state index contributed by atoms with van der Waals surface area (Å²) >= 11 is 0. The normalized spacial score (nSPS) is 13.3. The fourth-order valence-electron chi connectivity index (χ4n) is 0.675. The van der Waals surface area contributed by atoms with E-state index < -0.39 is 31.9 Å². The van der Waals surface area contributed by atoms with Crippen LogP contribution in [0.3, 0.4) is 0 Å². The first-order valence-corrected chi connectivity index (χ1v) is 4.00. The van der Waals surface area contributed by atoms with Crippen molar-refractivity contribution in [1.29, 1.82) is 0 Å². The molecule has 0 bridgehead atoms. The largest absolute Gasteiger partial charge is 0.411 e. The second kappa shape index (κ2) is 5.45. The molecule has 0 saturated carbocycles. The van der Waals surface area contributed by atoms with E-state index in [4.69, 9.17) is 0 Å². The zero-order chi connectivity index (χ0) is 11.2. The summed E-state index contributed by atoms with van der Waals surface area (Å²) in [6, 6.07) is 0. The molecule has 7 heteroatoms. The highest BCUT2D eigenvalue weighted by atomic mass is 19.4. The SMILES string of the molecule is CCNCC(F)(F)COCC(F)(F)F. The third kappa shape index (κ3) is 8.18. The van der Waals surface area contributed by atoms with Crippen molar-refractivity contribution in [2.24, 2.45) is 0 Å². The van der Waals surface area contributed by atoms with Gasteiger partial charge in [0.15, 0.2) is 0 Å². The molecule has 0 aliphatic carbocycles. The molecule has 2 nitrogen and oxygen atoms in total. The van der Waals surface area contributed by atoms with Crippen molar-refractivity contribution in [3.05, 3.63) is 0 Å². The Morgan fingerprint density at radius 3 is 2.07 bits per heavy atom. The zero-order valence-corrected chi connectivity index (χ0v) is 7.63. The molecule has 0 aromatic carbocycles. The quantitative estimate of drug-likeness (QED) is 0.690. The predicted octanol–water partition coefficient (Wildman–Crippen LogP) is 1.81. The van der Waals surface area contributed by atoms with Crippen molar-refractivity contribution < 1.29 is 26.7 Å². The molecule has 86 valence electrons. The summed E-state index contributed by atoms with van der Waals surface area (Å²) in [6.45, 7) is -1.60. The molecule has 0 amide bonds. The van der Waals surface area contributed by atoms with Gasteiger partial charge in [-0.05, 0) is 6.54 Å². The van der Waals surface area contributed by atoms with Gasteiger partial charge in [-0.2, -0.15) is 13.2 Å². The van der Waals surface area contributed by atoms with Crippen molar-refractivity contribution in [2.75, 3.05) is 26.3 Å². The molecule has 0 aromatic heterocycles. The summed E-state index contributed by atoms with van der Waals surface area (Å²) in [4.78, 5) is 0. The summed E-state index contributed by atoms with van der Waals surface area (Å²) < 4.78 is 63.6. The van der Waals surface area contributed by atoms with Crippen LogP contribution < -0.4 is 5.32 Å². The topological polar surface area (TPSA) is 21.3 Å². The zero-order valence-electron chi connectivity index (χ0n) is 7.63. The summed E-state index contributed by atoms with van der Waals surface area (Å²) in [5.74, 6) is -3.26. The lowest BCUT2D eigenvalue weighted by Gasteiger charge is -2.17. The van der Waals surface area contributed by atoms with Crippen LogP contribution in [0.15, 0.2) is 0 Å². The first-order chi connectivity index (χ1) is 6.27. The number of hydrogen-bond acceptors (Lipinski definition) is 2. The standard InChI is InChI=1S/C7H12F5NO/c1-2-13-3-6(8,9)4-14-5-7(10,11)12/h13H,2-5H2,1H3. The number of hydrogen-bond donors (Lipinski definition) is 1. The molecule has 0 aliphatic heterocycles. The maximum absolute atomic E-state index is 12.6. The van der Waals surface area contributed by atoms with Crippen LogP contribution in [0, 0.1) is 0 Å². The van der Waals surface area contributed by atoms with Crippen LogP contribution in [0.1, 0.15) is 6.92 Å². The molecule has 0 radical (unpaired) electrons. The fraction of sp³-hybridized carbons (Fsp3) is 1.00. The molecule has 1 N–H and O–H groups in total. The van der Waals surface area contributed by atoms with E-state index in [1.165, 1.54) is 0 Å². The van der Waals surface area contributed by atoms with E-state index in [2.05, 4.69) is 10.1 Å². The molecular weight excluding hydrogens is 209 g/mol. The summed E-state index contributed by atoms with van der Waals surface area (Å²) in [5.41, 5.74) is 0. The highest BCUT2D eigenvalue weighted by Gasteiger charge is 2.33. The number of nitrogens with one attached hydrogen (secondary N) is 1. The van der Waals surface area contributed by atoms with Crippen LogP contribution in [0.5, 0.6) is 0 Å². The van der Waals surface area contributed by atoms with Gasteiger partial charge >= 0.3 is 6.18 Å². The minimum absolute atomic E-state index is 0.328. The maximum atomic E-state index is 12.6. The minimum Gasteiger partial charge on any atom is -0.366 e. The second-order valence-electron chi connectivity index (χ2n) is 2.74. The van der Waals surface area contributed by atoms with Crippen LogP contribution in [0.25, 0.3) is 0 Å². The van der Waals surface area contributed by atoms with Crippen molar-refractivity contribution in [3.8, 4) is 0 Å². The molecule has 0 atom stereocenters. The number of alkyl halides is 5.